The number of likely N-dealkylation sites (tertiary alicyclic amines) is 1. The smallest absolute Gasteiger partial charge is 0.234 e. The van der Waals surface area contributed by atoms with Gasteiger partial charge in [0.25, 0.3) is 0 Å². The first-order valence-corrected chi connectivity index (χ1v) is 6.24. The normalized spacial score (nSPS) is 22.1. The maximum Gasteiger partial charge on any atom is 0.234 e. The van der Waals surface area contributed by atoms with Crippen molar-refractivity contribution in [3.63, 3.8) is 0 Å². The summed E-state index contributed by atoms with van der Waals surface area (Å²) in [4.78, 5) is 14.3. The van der Waals surface area contributed by atoms with E-state index in [2.05, 4.69) is 10.2 Å². The third-order valence-electron chi connectivity index (χ3n) is 2.74. The van der Waals surface area contributed by atoms with Gasteiger partial charge in [-0.2, -0.15) is 0 Å². The minimum absolute atomic E-state index is 0.0538. The molecule has 1 atom stereocenters. The molecule has 4 nitrogen and oxygen atoms in total. The average molecular weight is 243 g/mol. The van der Waals surface area contributed by atoms with Gasteiger partial charge in [0.1, 0.15) is 0 Å². The largest absolute Gasteiger partial charge is 0.392 e. The van der Waals surface area contributed by atoms with Crippen molar-refractivity contribution in [1.29, 1.82) is 0 Å². The second kappa shape index (κ2) is 6.15. The van der Waals surface area contributed by atoms with Crippen LogP contribution in [0.2, 0.25) is 0 Å². The first-order valence-electron chi connectivity index (χ1n) is 5.83. The number of nitrogens with zero attached hydrogens (tertiary/aromatic N) is 1. The van der Waals surface area contributed by atoms with Gasteiger partial charge in [-0.25, -0.2) is 0 Å². The fraction of sp³-hybridized carbons (Fsp3) is 0.818. The molecule has 1 heterocycles. The summed E-state index contributed by atoms with van der Waals surface area (Å²) in [7, 11) is 0. The summed E-state index contributed by atoms with van der Waals surface area (Å²) in [6.45, 7) is 5.23. The Morgan fingerprint density at radius 3 is 2.81 bits per heavy atom. The number of hydrogen-bond acceptors (Lipinski definition) is 3. The van der Waals surface area contributed by atoms with E-state index in [1.807, 2.05) is 13.8 Å². The van der Waals surface area contributed by atoms with E-state index >= 15 is 0 Å². The van der Waals surface area contributed by atoms with Gasteiger partial charge in [0.2, 0.25) is 5.91 Å². The molecule has 3 N–H and O–H groups in total. The van der Waals surface area contributed by atoms with Gasteiger partial charge in [-0.1, -0.05) is 18.6 Å². The number of amides is 1. The van der Waals surface area contributed by atoms with E-state index in [4.69, 9.17) is 18.0 Å². The molecule has 0 spiro atoms. The zero-order valence-electron chi connectivity index (χ0n) is 10.0. The molecule has 0 saturated carbocycles. The van der Waals surface area contributed by atoms with Crippen molar-refractivity contribution in [1.82, 2.24) is 10.2 Å². The lowest BCUT2D eigenvalue weighted by Crippen LogP contribution is -2.51. The summed E-state index contributed by atoms with van der Waals surface area (Å²) in [5.41, 5.74) is 5.69. The number of hydrogen-bond donors (Lipinski definition) is 2. The molecule has 0 aromatic heterocycles. The summed E-state index contributed by atoms with van der Waals surface area (Å²) < 4.78 is 0. The van der Waals surface area contributed by atoms with E-state index in [0.717, 1.165) is 25.8 Å². The number of carbonyl (C=O) groups excluding carboxylic acids is 1. The predicted octanol–water partition coefficient (Wildman–Crippen LogP) is 0.652. The molecular weight excluding hydrogens is 222 g/mol. The molecule has 1 aliphatic heterocycles. The summed E-state index contributed by atoms with van der Waals surface area (Å²) >= 11 is 5.04. The highest BCUT2D eigenvalue weighted by molar-refractivity contribution is 7.80. The van der Waals surface area contributed by atoms with E-state index < -0.39 is 0 Å². The SMILES string of the molecule is CC(C)NC(=O)CN1CCCCC1C(N)=S. The molecule has 0 aliphatic carbocycles. The van der Waals surface area contributed by atoms with Crippen LogP contribution < -0.4 is 11.1 Å². The average Bonchev–Trinajstić information content (AvgIpc) is 2.16. The summed E-state index contributed by atoms with van der Waals surface area (Å²) in [5, 5.41) is 2.88. The van der Waals surface area contributed by atoms with Crippen LogP contribution in [0.15, 0.2) is 0 Å². The quantitative estimate of drug-likeness (QED) is 0.712. The lowest BCUT2D eigenvalue weighted by molar-refractivity contribution is -0.123. The van der Waals surface area contributed by atoms with Crippen LogP contribution >= 0.6 is 12.2 Å². The third-order valence-corrected chi connectivity index (χ3v) is 3.01. The van der Waals surface area contributed by atoms with Crippen molar-refractivity contribution < 1.29 is 4.79 Å². The molecule has 1 unspecified atom stereocenters. The van der Waals surface area contributed by atoms with Crippen molar-refractivity contribution in [2.45, 2.75) is 45.2 Å². The first-order chi connectivity index (χ1) is 7.50. The van der Waals surface area contributed by atoms with Crippen LogP contribution in [-0.2, 0) is 4.79 Å². The Labute approximate surface area is 103 Å². The van der Waals surface area contributed by atoms with Crippen molar-refractivity contribution in [3.8, 4) is 0 Å². The highest BCUT2D eigenvalue weighted by Gasteiger charge is 2.26. The van der Waals surface area contributed by atoms with Crippen LogP contribution in [-0.4, -0.2) is 41.0 Å². The monoisotopic (exact) mass is 243 g/mol. The molecule has 16 heavy (non-hydrogen) atoms. The molecule has 1 rings (SSSR count). The fourth-order valence-corrected chi connectivity index (χ4v) is 2.32. The van der Waals surface area contributed by atoms with Crippen molar-refractivity contribution in [3.05, 3.63) is 0 Å². The van der Waals surface area contributed by atoms with Gasteiger partial charge >= 0.3 is 0 Å². The molecule has 5 heteroatoms. The zero-order chi connectivity index (χ0) is 12.1. The van der Waals surface area contributed by atoms with Crippen molar-refractivity contribution >= 4 is 23.1 Å². The van der Waals surface area contributed by atoms with Crippen LogP contribution in [0.4, 0.5) is 0 Å². The van der Waals surface area contributed by atoms with Crippen LogP contribution in [0.1, 0.15) is 33.1 Å². The molecule has 1 aliphatic rings. The number of carbonyl (C=O) groups is 1. The Morgan fingerprint density at radius 2 is 2.25 bits per heavy atom. The van der Waals surface area contributed by atoms with Crippen LogP contribution in [0.25, 0.3) is 0 Å². The number of rotatable bonds is 4. The third kappa shape index (κ3) is 4.06. The summed E-state index contributed by atoms with van der Waals surface area (Å²) in [5.74, 6) is 0.0538. The van der Waals surface area contributed by atoms with E-state index in [1.54, 1.807) is 0 Å². The van der Waals surface area contributed by atoms with E-state index in [1.165, 1.54) is 0 Å². The van der Waals surface area contributed by atoms with E-state index in [0.29, 0.717) is 11.5 Å². The van der Waals surface area contributed by atoms with Gasteiger partial charge in [0.15, 0.2) is 0 Å². The highest BCUT2D eigenvalue weighted by atomic mass is 32.1. The minimum Gasteiger partial charge on any atom is -0.392 e. The minimum atomic E-state index is 0.0538. The summed E-state index contributed by atoms with van der Waals surface area (Å²) in [6.07, 6.45) is 3.24. The first kappa shape index (κ1) is 13.4. The lowest BCUT2D eigenvalue weighted by atomic mass is 10.0. The number of thiocarbonyl (C=S) groups is 1. The molecule has 0 radical (unpaired) electrons. The van der Waals surface area contributed by atoms with Crippen LogP contribution in [0, 0.1) is 0 Å². The van der Waals surface area contributed by atoms with Gasteiger partial charge in [-0.15, -0.1) is 0 Å². The molecule has 1 saturated heterocycles. The fourth-order valence-electron chi connectivity index (χ4n) is 2.05. The number of piperidine rings is 1. The second-order valence-corrected chi connectivity index (χ2v) is 5.08. The van der Waals surface area contributed by atoms with Crippen LogP contribution in [0.5, 0.6) is 0 Å². The number of nitrogens with two attached hydrogens (primary N) is 1. The summed E-state index contributed by atoms with van der Waals surface area (Å²) in [6, 6.07) is 0.280. The van der Waals surface area contributed by atoms with Crippen molar-refractivity contribution in [2.24, 2.45) is 5.73 Å². The van der Waals surface area contributed by atoms with Crippen molar-refractivity contribution in [2.75, 3.05) is 13.1 Å². The molecule has 0 aromatic carbocycles. The van der Waals surface area contributed by atoms with E-state index in [9.17, 15) is 4.79 Å². The Kier molecular flexibility index (Phi) is 5.15. The maximum absolute atomic E-state index is 11.7. The maximum atomic E-state index is 11.7. The Balaban J connectivity index is 2.49. The van der Waals surface area contributed by atoms with Gasteiger partial charge in [-0.3, -0.25) is 9.69 Å². The molecule has 0 aromatic rings. The molecule has 1 fully saturated rings. The molecular formula is C11H21N3OS. The molecule has 0 bridgehead atoms. The molecule has 1 amide bonds. The second-order valence-electron chi connectivity index (χ2n) is 4.61. The van der Waals surface area contributed by atoms with E-state index in [-0.39, 0.29) is 18.0 Å². The Morgan fingerprint density at radius 1 is 1.56 bits per heavy atom. The topological polar surface area (TPSA) is 58.4 Å². The Hall–Kier alpha value is -0.680. The molecule has 92 valence electrons. The number of nitrogens with one attached hydrogen (secondary N) is 1. The van der Waals surface area contributed by atoms with Gasteiger partial charge in [-0.05, 0) is 33.2 Å². The van der Waals surface area contributed by atoms with Gasteiger partial charge in [0.05, 0.1) is 17.6 Å². The zero-order valence-corrected chi connectivity index (χ0v) is 10.8. The van der Waals surface area contributed by atoms with Gasteiger partial charge < -0.3 is 11.1 Å². The predicted molar refractivity (Wildman–Crippen MR) is 69.3 cm³/mol. The standard InChI is InChI=1S/C11H21N3OS/c1-8(2)13-10(15)7-14-6-4-3-5-9(14)11(12)16/h8-9H,3-7H2,1-2H3,(H2,12,16)(H,13,15). The Bertz CT molecular complexity index is 268. The highest BCUT2D eigenvalue weighted by Crippen LogP contribution is 2.16. The van der Waals surface area contributed by atoms with Crippen LogP contribution in [0.3, 0.4) is 0 Å². The lowest BCUT2D eigenvalue weighted by Gasteiger charge is -2.34. The van der Waals surface area contributed by atoms with Gasteiger partial charge in [0, 0.05) is 6.04 Å².